The highest BCUT2D eigenvalue weighted by Crippen LogP contribution is 2.30. The number of anilines is 2. The van der Waals surface area contributed by atoms with Crippen LogP contribution in [0.3, 0.4) is 0 Å². The maximum atomic E-state index is 5.97. The number of rotatable bonds is 3. The van der Waals surface area contributed by atoms with Gasteiger partial charge >= 0.3 is 0 Å². The first kappa shape index (κ1) is 13.2. The molecule has 0 amide bonds. The third kappa shape index (κ3) is 2.58. The van der Waals surface area contributed by atoms with Crippen molar-refractivity contribution in [2.75, 3.05) is 5.32 Å². The van der Waals surface area contributed by atoms with Crippen LogP contribution in [0.2, 0.25) is 5.02 Å². The Labute approximate surface area is 129 Å². The number of nitrogens with zero attached hydrogens (tertiary/aromatic N) is 2. The maximum absolute atomic E-state index is 5.97. The smallest absolute Gasteiger partial charge is 0.188 e. The molecular formula is C13H9ClN4S2. The van der Waals surface area contributed by atoms with Gasteiger partial charge in [-0.15, -0.1) is 0 Å². The number of nitrogens with two attached hydrogens (primary N) is 1. The van der Waals surface area contributed by atoms with Crippen molar-refractivity contribution >= 4 is 61.2 Å². The zero-order chi connectivity index (χ0) is 14.1. The average Bonchev–Trinajstić information content (AvgIpc) is 2.80. The lowest BCUT2D eigenvalue weighted by Crippen LogP contribution is -2.13. The number of aromatic nitrogens is 2. The highest BCUT2D eigenvalue weighted by Gasteiger charge is 2.09. The van der Waals surface area contributed by atoms with Crippen molar-refractivity contribution in [2.24, 2.45) is 5.73 Å². The lowest BCUT2D eigenvalue weighted by molar-refractivity contribution is 1.28. The van der Waals surface area contributed by atoms with Crippen LogP contribution in [0.1, 0.15) is 5.69 Å². The van der Waals surface area contributed by atoms with Crippen LogP contribution in [0, 0.1) is 0 Å². The standard InChI is InChI=1S/C13H9ClN4S2/c14-7-3-4-8-10(6-7)20-13(17-8)18-9-2-1-5-16-11(9)12(15)19/h1-6H,(H2,15,19)(H,17,18). The summed E-state index contributed by atoms with van der Waals surface area (Å²) in [5.74, 6) is 0. The summed E-state index contributed by atoms with van der Waals surface area (Å²) in [6.07, 6.45) is 1.65. The Morgan fingerprint density at radius 1 is 1.35 bits per heavy atom. The maximum Gasteiger partial charge on any atom is 0.188 e. The SMILES string of the molecule is NC(=S)c1ncccc1Nc1nc2ccc(Cl)cc2s1. The molecule has 100 valence electrons. The molecule has 7 heteroatoms. The molecule has 0 radical (unpaired) electrons. The van der Waals surface area contributed by atoms with E-state index in [2.05, 4.69) is 15.3 Å². The largest absolute Gasteiger partial charge is 0.388 e. The average molecular weight is 321 g/mol. The van der Waals surface area contributed by atoms with Crippen LogP contribution in [0.4, 0.5) is 10.8 Å². The van der Waals surface area contributed by atoms with Gasteiger partial charge in [0.05, 0.1) is 15.9 Å². The summed E-state index contributed by atoms with van der Waals surface area (Å²) in [7, 11) is 0. The van der Waals surface area contributed by atoms with Gasteiger partial charge in [-0.2, -0.15) is 0 Å². The number of pyridine rings is 1. The minimum atomic E-state index is 0.247. The van der Waals surface area contributed by atoms with Gasteiger partial charge in [-0.25, -0.2) is 4.98 Å². The first-order valence-corrected chi connectivity index (χ1v) is 7.32. The first-order valence-electron chi connectivity index (χ1n) is 5.71. The quantitative estimate of drug-likeness (QED) is 0.720. The molecule has 2 heterocycles. The molecule has 0 aliphatic carbocycles. The van der Waals surface area contributed by atoms with Crippen LogP contribution in [0.15, 0.2) is 36.5 Å². The fourth-order valence-electron chi connectivity index (χ4n) is 1.77. The molecule has 0 saturated heterocycles. The van der Waals surface area contributed by atoms with E-state index in [0.717, 1.165) is 21.0 Å². The van der Waals surface area contributed by atoms with E-state index in [1.165, 1.54) is 11.3 Å². The second-order valence-electron chi connectivity index (χ2n) is 4.02. The topological polar surface area (TPSA) is 63.8 Å². The zero-order valence-corrected chi connectivity index (χ0v) is 12.5. The third-order valence-electron chi connectivity index (χ3n) is 2.63. The Bertz CT molecular complexity index is 800. The molecule has 20 heavy (non-hydrogen) atoms. The molecule has 0 spiro atoms. The second-order valence-corrected chi connectivity index (χ2v) is 5.93. The third-order valence-corrected chi connectivity index (χ3v) is 4.00. The van der Waals surface area contributed by atoms with Crippen LogP contribution in [0.5, 0.6) is 0 Å². The van der Waals surface area contributed by atoms with Crippen molar-refractivity contribution in [2.45, 2.75) is 0 Å². The predicted molar refractivity (Wildman–Crippen MR) is 88.0 cm³/mol. The van der Waals surface area contributed by atoms with Crippen LogP contribution in [-0.2, 0) is 0 Å². The van der Waals surface area contributed by atoms with Crippen molar-refractivity contribution in [1.29, 1.82) is 0 Å². The molecule has 0 aliphatic heterocycles. The van der Waals surface area contributed by atoms with E-state index < -0.39 is 0 Å². The molecule has 4 nitrogen and oxygen atoms in total. The van der Waals surface area contributed by atoms with E-state index in [4.69, 9.17) is 29.6 Å². The van der Waals surface area contributed by atoms with Gasteiger partial charge < -0.3 is 11.1 Å². The molecule has 3 rings (SSSR count). The van der Waals surface area contributed by atoms with E-state index in [1.807, 2.05) is 30.3 Å². The van der Waals surface area contributed by atoms with Gasteiger partial charge in [-0.05, 0) is 30.3 Å². The van der Waals surface area contributed by atoms with Crippen LogP contribution in [0.25, 0.3) is 10.2 Å². The molecule has 1 aromatic carbocycles. The van der Waals surface area contributed by atoms with Crippen molar-refractivity contribution in [3.05, 3.63) is 47.2 Å². The Morgan fingerprint density at radius 2 is 2.20 bits per heavy atom. The minimum Gasteiger partial charge on any atom is -0.388 e. The summed E-state index contributed by atoms with van der Waals surface area (Å²) >= 11 is 12.5. The van der Waals surface area contributed by atoms with Gasteiger partial charge in [0.15, 0.2) is 5.13 Å². The van der Waals surface area contributed by atoms with Gasteiger partial charge in [0.25, 0.3) is 0 Å². The summed E-state index contributed by atoms with van der Waals surface area (Å²) < 4.78 is 1.01. The molecule has 0 fully saturated rings. The fraction of sp³-hybridized carbons (Fsp3) is 0. The molecule has 0 unspecified atom stereocenters. The van der Waals surface area contributed by atoms with Crippen molar-refractivity contribution in [1.82, 2.24) is 9.97 Å². The summed E-state index contributed by atoms with van der Waals surface area (Å²) in [6, 6.07) is 9.27. The molecule has 2 aromatic heterocycles. The van der Waals surface area contributed by atoms with Gasteiger partial charge in [0, 0.05) is 11.2 Å². The lowest BCUT2D eigenvalue weighted by Gasteiger charge is -2.06. The first-order chi connectivity index (χ1) is 9.63. The Morgan fingerprint density at radius 3 is 3.00 bits per heavy atom. The number of thiocarbonyl (C=S) groups is 1. The van der Waals surface area contributed by atoms with Crippen molar-refractivity contribution < 1.29 is 0 Å². The molecule has 0 bridgehead atoms. The predicted octanol–water partition coefficient (Wildman–Crippen LogP) is 3.72. The van der Waals surface area contributed by atoms with E-state index in [1.54, 1.807) is 6.20 Å². The number of halogens is 1. The minimum absolute atomic E-state index is 0.247. The normalized spacial score (nSPS) is 10.7. The fourth-order valence-corrected chi connectivity index (χ4v) is 3.09. The number of thiazole rings is 1. The highest BCUT2D eigenvalue weighted by atomic mass is 35.5. The van der Waals surface area contributed by atoms with Gasteiger partial charge in [-0.1, -0.05) is 35.2 Å². The van der Waals surface area contributed by atoms with Crippen LogP contribution < -0.4 is 11.1 Å². The number of fused-ring (bicyclic) bond motifs is 1. The van der Waals surface area contributed by atoms with E-state index in [-0.39, 0.29) is 4.99 Å². The summed E-state index contributed by atoms with van der Waals surface area (Å²) in [4.78, 5) is 8.90. The number of hydrogen-bond acceptors (Lipinski definition) is 5. The van der Waals surface area contributed by atoms with Crippen molar-refractivity contribution in [3.8, 4) is 0 Å². The number of nitrogens with one attached hydrogen (secondary N) is 1. The van der Waals surface area contributed by atoms with E-state index in [0.29, 0.717) is 10.7 Å². The Balaban J connectivity index is 1.99. The Kier molecular flexibility index (Phi) is 3.52. The van der Waals surface area contributed by atoms with Gasteiger partial charge in [0.2, 0.25) is 0 Å². The summed E-state index contributed by atoms with van der Waals surface area (Å²) in [5, 5.41) is 4.63. The molecule has 3 N–H and O–H groups in total. The number of benzene rings is 1. The number of hydrogen-bond donors (Lipinski definition) is 2. The lowest BCUT2D eigenvalue weighted by atomic mass is 10.3. The molecule has 3 aromatic rings. The Hall–Kier alpha value is -1.76. The van der Waals surface area contributed by atoms with Crippen LogP contribution >= 0.6 is 35.2 Å². The summed E-state index contributed by atoms with van der Waals surface area (Å²) in [6.45, 7) is 0. The second kappa shape index (κ2) is 5.32. The molecule has 0 aliphatic rings. The van der Waals surface area contributed by atoms with Crippen LogP contribution in [-0.4, -0.2) is 15.0 Å². The van der Waals surface area contributed by atoms with E-state index in [9.17, 15) is 0 Å². The van der Waals surface area contributed by atoms with Crippen molar-refractivity contribution in [3.63, 3.8) is 0 Å². The highest BCUT2D eigenvalue weighted by molar-refractivity contribution is 7.80. The molecular weight excluding hydrogens is 312 g/mol. The summed E-state index contributed by atoms with van der Waals surface area (Å²) in [5.41, 5.74) is 7.85. The monoisotopic (exact) mass is 320 g/mol. The van der Waals surface area contributed by atoms with E-state index >= 15 is 0 Å². The molecule has 0 saturated carbocycles. The zero-order valence-electron chi connectivity index (χ0n) is 10.1. The molecule has 0 atom stereocenters. The van der Waals surface area contributed by atoms with Gasteiger partial charge in [0.1, 0.15) is 10.7 Å². The van der Waals surface area contributed by atoms with Gasteiger partial charge in [-0.3, -0.25) is 4.98 Å².